The SMILES string of the molecule is CCn1cc(C(=O)O[C@H](NC(=O)CNC(=O)OCc2ccccc2)C(=O)OC)c(=O)c2cc(F)c(N3CCNCC3)cc21. The number of nitrogens with one attached hydrogen (secondary N) is 3. The number of esters is 2. The Balaban J connectivity index is 1.46. The molecule has 13 nitrogen and oxygen atoms in total. The quantitative estimate of drug-likeness (QED) is 0.177. The van der Waals surface area contributed by atoms with Gasteiger partial charge in [0.2, 0.25) is 11.3 Å². The standard InChI is InChI=1S/C29H32FN5O8/c1-3-34-16-20(25(37)19-13-21(30)23(14-22(19)34)35-11-9-31-10-12-35)27(38)43-26(28(39)41-2)33-24(36)15-32-29(40)42-17-18-7-5-4-6-8-18/h4-8,13-14,16,26,31H,3,9-12,15,17H2,1-2H3,(H,32,40)(H,33,36)/t26-/m0/s1. The zero-order valence-corrected chi connectivity index (χ0v) is 23.7. The number of halogens is 1. The minimum Gasteiger partial charge on any atom is -0.465 e. The molecule has 2 aromatic carbocycles. The number of amides is 2. The summed E-state index contributed by atoms with van der Waals surface area (Å²) in [4.78, 5) is 64.9. The number of aryl methyl sites for hydroxylation is 1. The molecule has 0 spiro atoms. The summed E-state index contributed by atoms with van der Waals surface area (Å²) >= 11 is 0. The van der Waals surface area contributed by atoms with Gasteiger partial charge in [-0.2, -0.15) is 0 Å². The summed E-state index contributed by atoms with van der Waals surface area (Å²) < 4.78 is 31.5. The van der Waals surface area contributed by atoms with E-state index in [0.29, 0.717) is 43.9 Å². The van der Waals surface area contributed by atoms with Gasteiger partial charge in [0.25, 0.3) is 6.23 Å². The summed E-state index contributed by atoms with van der Waals surface area (Å²) in [6, 6.07) is 11.5. The van der Waals surface area contributed by atoms with Crippen molar-refractivity contribution in [3.63, 3.8) is 0 Å². The van der Waals surface area contributed by atoms with Crippen LogP contribution in [0.25, 0.3) is 10.9 Å². The van der Waals surface area contributed by atoms with E-state index in [2.05, 4.69) is 20.7 Å². The first-order valence-corrected chi connectivity index (χ1v) is 13.6. The van der Waals surface area contributed by atoms with E-state index in [1.54, 1.807) is 41.8 Å². The second-order valence-corrected chi connectivity index (χ2v) is 9.51. The van der Waals surface area contributed by atoms with E-state index in [0.717, 1.165) is 18.7 Å². The van der Waals surface area contributed by atoms with E-state index in [9.17, 15) is 24.0 Å². The molecule has 228 valence electrons. The minimum atomic E-state index is -1.94. The van der Waals surface area contributed by atoms with Crippen LogP contribution in [0.1, 0.15) is 22.8 Å². The molecule has 43 heavy (non-hydrogen) atoms. The molecule has 0 bridgehead atoms. The van der Waals surface area contributed by atoms with Crippen LogP contribution in [-0.4, -0.2) is 74.6 Å². The number of methoxy groups -OCH3 is 1. The van der Waals surface area contributed by atoms with Gasteiger partial charge in [-0.1, -0.05) is 30.3 Å². The third-order valence-electron chi connectivity index (χ3n) is 6.71. The molecule has 4 rings (SSSR count). The predicted molar refractivity (Wildman–Crippen MR) is 153 cm³/mol. The number of rotatable bonds is 10. The van der Waals surface area contributed by atoms with Crippen LogP contribution >= 0.6 is 0 Å². The zero-order valence-electron chi connectivity index (χ0n) is 23.7. The molecular weight excluding hydrogens is 565 g/mol. The van der Waals surface area contributed by atoms with Crippen LogP contribution in [0, 0.1) is 5.82 Å². The van der Waals surface area contributed by atoms with Crippen molar-refractivity contribution in [1.29, 1.82) is 0 Å². The molecule has 0 aliphatic carbocycles. The molecule has 1 aromatic heterocycles. The molecule has 0 radical (unpaired) electrons. The van der Waals surface area contributed by atoms with Crippen molar-refractivity contribution in [1.82, 2.24) is 20.5 Å². The fraction of sp³-hybridized carbons (Fsp3) is 0.345. The predicted octanol–water partition coefficient (Wildman–Crippen LogP) is 1.27. The van der Waals surface area contributed by atoms with Crippen molar-refractivity contribution < 1.29 is 37.8 Å². The van der Waals surface area contributed by atoms with Gasteiger partial charge in [-0.15, -0.1) is 0 Å². The van der Waals surface area contributed by atoms with Gasteiger partial charge in [0.05, 0.1) is 18.3 Å². The molecule has 1 aliphatic rings. The van der Waals surface area contributed by atoms with Gasteiger partial charge >= 0.3 is 18.0 Å². The summed E-state index contributed by atoms with van der Waals surface area (Å²) in [5.74, 6) is -3.91. The number of alkyl carbamates (subject to hydrolysis) is 1. The first kappa shape index (κ1) is 31.0. The smallest absolute Gasteiger partial charge is 0.407 e. The van der Waals surface area contributed by atoms with Crippen molar-refractivity contribution in [3.8, 4) is 0 Å². The topological polar surface area (TPSA) is 157 Å². The summed E-state index contributed by atoms with van der Waals surface area (Å²) in [5.41, 5.74) is 0.208. The van der Waals surface area contributed by atoms with Crippen LogP contribution in [0.2, 0.25) is 0 Å². The number of hydrogen-bond acceptors (Lipinski definition) is 10. The van der Waals surface area contributed by atoms with Crippen molar-refractivity contribution in [2.75, 3.05) is 44.7 Å². The van der Waals surface area contributed by atoms with Gasteiger partial charge in [0.15, 0.2) is 0 Å². The highest BCUT2D eigenvalue weighted by atomic mass is 19.1. The number of anilines is 1. The second kappa shape index (κ2) is 14.3. The van der Waals surface area contributed by atoms with Gasteiger partial charge in [-0.05, 0) is 24.6 Å². The third kappa shape index (κ3) is 7.65. The molecule has 1 aliphatic heterocycles. The Morgan fingerprint density at radius 3 is 2.49 bits per heavy atom. The largest absolute Gasteiger partial charge is 0.465 e. The maximum atomic E-state index is 15.1. The van der Waals surface area contributed by atoms with E-state index in [-0.39, 0.29) is 12.0 Å². The van der Waals surface area contributed by atoms with Crippen LogP contribution in [0.4, 0.5) is 14.9 Å². The number of nitrogens with zero attached hydrogens (tertiary/aromatic N) is 2. The minimum absolute atomic E-state index is 0.0291. The molecule has 1 fully saturated rings. The van der Waals surface area contributed by atoms with Gasteiger partial charge < -0.3 is 39.6 Å². The number of piperazine rings is 1. The average molecular weight is 598 g/mol. The third-order valence-corrected chi connectivity index (χ3v) is 6.71. The number of carbonyl (C=O) groups is 4. The van der Waals surface area contributed by atoms with Crippen LogP contribution in [-0.2, 0) is 37.0 Å². The van der Waals surface area contributed by atoms with Crippen LogP contribution in [0.5, 0.6) is 0 Å². The number of ether oxygens (including phenoxy) is 3. The monoisotopic (exact) mass is 597 g/mol. The first-order valence-electron chi connectivity index (χ1n) is 13.6. The summed E-state index contributed by atoms with van der Waals surface area (Å²) in [6.45, 7) is 4.02. The molecule has 2 heterocycles. The summed E-state index contributed by atoms with van der Waals surface area (Å²) in [6.07, 6.45) is -1.58. The lowest BCUT2D eigenvalue weighted by atomic mass is 10.1. The van der Waals surface area contributed by atoms with Gasteiger partial charge in [-0.3, -0.25) is 9.59 Å². The lowest BCUT2D eigenvalue weighted by Crippen LogP contribution is -2.48. The van der Waals surface area contributed by atoms with Crippen LogP contribution < -0.4 is 26.3 Å². The lowest BCUT2D eigenvalue weighted by molar-refractivity contribution is -0.155. The zero-order chi connectivity index (χ0) is 30.9. The Morgan fingerprint density at radius 2 is 1.81 bits per heavy atom. The number of hydrogen-bond donors (Lipinski definition) is 3. The molecule has 0 saturated carbocycles. The molecule has 3 aromatic rings. The average Bonchev–Trinajstić information content (AvgIpc) is 3.03. The molecule has 3 N–H and O–H groups in total. The Labute approximate surface area is 245 Å². The highest BCUT2D eigenvalue weighted by molar-refractivity contribution is 5.96. The molecule has 1 saturated heterocycles. The number of fused-ring (bicyclic) bond motifs is 1. The number of benzene rings is 2. The number of pyridine rings is 1. The highest BCUT2D eigenvalue weighted by Crippen LogP contribution is 2.26. The van der Waals surface area contributed by atoms with E-state index in [1.165, 1.54) is 6.20 Å². The lowest BCUT2D eigenvalue weighted by Gasteiger charge is -2.30. The molecule has 14 heteroatoms. The van der Waals surface area contributed by atoms with Crippen molar-refractivity contribution in [2.24, 2.45) is 0 Å². The van der Waals surface area contributed by atoms with Gasteiger partial charge in [0, 0.05) is 44.3 Å². The van der Waals surface area contributed by atoms with Gasteiger partial charge in [-0.25, -0.2) is 18.8 Å². The number of carbonyl (C=O) groups excluding carboxylic acids is 4. The van der Waals surface area contributed by atoms with Crippen molar-refractivity contribution >= 4 is 40.5 Å². The molecular formula is C29H32FN5O8. The first-order chi connectivity index (χ1) is 20.7. The Morgan fingerprint density at radius 1 is 1.09 bits per heavy atom. The Hall–Kier alpha value is -4.98. The summed E-state index contributed by atoms with van der Waals surface area (Å²) in [5, 5.41) is 7.49. The normalized spacial score (nSPS) is 13.6. The fourth-order valence-corrected chi connectivity index (χ4v) is 4.49. The Bertz CT molecular complexity index is 1560. The Kier molecular flexibility index (Phi) is 10.3. The van der Waals surface area contributed by atoms with Crippen LogP contribution in [0.15, 0.2) is 53.5 Å². The van der Waals surface area contributed by atoms with Crippen molar-refractivity contribution in [3.05, 3.63) is 75.8 Å². The van der Waals surface area contributed by atoms with Crippen LogP contribution in [0.3, 0.4) is 0 Å². The molecule has 2 amide bonds. The van der Waals surface area contributed by atoms with Gasteiger partial charge in [0.1, 0.15) is 24.5 Å². The van der Waals surface area contributed by atoms with E-state index in [1.807, 2.05) is 11.0 Å². The maximum Gasteiger partial charge on any atom is 0.407 e. The highest BCUT2D eigenvalue weighted by Gasteiger charge is 2.29. The number of aromatic nitrogens is 1. The van der Waals surface area contributed by atoms with Crippen molar-refractivity contribution in [2.45, 2.75) is 26.3 Å². The maximum absolute atomic E-state index is 15.1. The van der Waals surface area contributed by atoms with E-state index >= 15 is 4.39 Å². The molecule has 1 atom stereocenters. The van der Waals surface area contributed by atoms with E-state index < -0.39 is 53.5 Å². The van der Waals surface area contributed by atoms with E-state index in [4.69, 9.17) is 9.47 Å². The molecule has 0 unspecified atom stereocenters. The second-order valence-electron chi connectivity index (χ2n) is 9.51. The fourth-order valence-electron chi connectivity index (χ4n) is 4.49. The summed E-state index contributed by atoms with van der Waals surface area (Å²) in [7, 11) is 1.01.